The normalized spacial score (nSPS) is 15.1. The molecule has 2 bridgehead atoms. The molecule has 0 aliphatic heterocycles. The van der Waals surface area contributed by atoms with Crippen LogP contribution in [-0.4, -0.2) is 29.9 Å². The standard InChI is InChI=1S/C92H64N6/c1-91(2)77-29-15-13-25-73(77)83-67(27-17-31-79(83)91)57-37-45-63(46-38-57)89-95-85(59-19-7-5-8-20-59)93-87(97-89)61-41-33-55(34-42-61)65-49-51-71-75(53-65)81-69-23-11-12-24-70(69)82(71)76-54-66(50-52-72(76)81)56-35-43-62(44-36-56)88-94-86(60-21-9-6-10-22-60)96-90(98-88)64-47-39-58(40-48-64)68-28-18-32-80-84(68)74-26-14-16-30-78(74)92(80,3)4/h5-54,81-82H,1-4H3. The predicted octanol–water partition coefficient (Wildman–Crippen LogP) is 22.3. The summed E-state index contributed by atoms with van der Waals surface area (Å²) in [6.07, 6.45) is 0. The highest BCUT2D eigenvalue weighted by Crippen LogP contribution is 2.58. The Bertz CT molecular complexity index is 5360. The molecule has 0 saturated carbocycles. The van der Waals surface area contributed by atoms with Crippen molar-refractivity contribution >= 4 is 0 Å². The molecule has 0 fully saturated rings. The average molecular weight is 1250 g/mol. The van der Waals surface area contributed by atoms with E-state index in [1.807, 2.05) is 36.4 Å². The van der Waals surface area contributed by atoms with Crippen LogP contribution in [0.25, 0.3) is 135 Å². The first-order valence-electron chi connectivity index (χ1n) is 34.0. The third-order valence-electron chi connectivity index (χ3n) is 21.4. The molecule has 5 aliphatic rings. The van der Waals surface area contributed by atoms with E-state index in [1.165, 1.54) is 100 Å². The monoisotopic (exact) mass is 1250 g/mol. The molecular weight excluding hydrogens is 1190 g/mol. The summed E-state index contributed by atoms with van der Waals surface area (Å²) in [5.74, 6) is 4.00. The maximum Gasteiger partial charge on any atom is 0.164 e. The van der Waals surface area contributed by atoms with Gasteiger partial charge in [-0.2, -0.15) is 0 Å². The highest BCUT2D eigenvalue weighted by Gasteiger charge is 2.42. The molecule has 2 heterocycles. The fourth-order valence-electron chi connectivity index (χ4n) is 16.5. The first-order valence-corrected chi connectivity index (χ1v) is 34.0. The maximum atomic E-state index is 5.20. The maximum absolute atomic E-state index is 5.20. The van der Waals surface area contributed by atoms with Gasteiger partial charge in [0.1, 0.15) is 0 Å². The Kier molecular flexibility index (Phi) is 13.0. The number of nitrogens with zero attached hydrogens (tertiary/aromatic N) is 6. The summed E-state index contributed by atoms with van der Waals surface area (Å²) in [6, 6.07) is 110. The first kappa shape index (κ1) is 57.3. The molecule has 0 saturated heterocycles. The van der Waals surface area contributed by atoms with Crippen molar-refractivity contribution in [3.8, 4) is 135 Å². The summed E-state index contributed by atoms with van der Waals surface area (Å²) in [5, 5.41) is 0. The van der Waals surface area contributed by atoms with Gasteiger partial charge in [0.15, 0.2) is 34.9 Å². The number of fused-ring (bicyclic) bond motifs is 6. The van der Waals surface area contributed by atoms with E-state index in [0.717, 1.165) is 55.6 Å². The van der Waals surface area contributed by atoms with Crippen molar-refractivity contribution in [1.82, 2.24) is 29.9 Å². The number of hydrogen-bond acceptors (Lipinski definition) is 6. The van der Waals surface area contributed by atoms with Crippen LogP contribution in [0.15, 0.2) is 303 Å². The smallest absolute Gasteiger partial charge is 0.164 e. The third kappa shape index (κ3) is 9.15. The Morgan fingerprint density at radius 1 is 0.194 bits per heavy atom. The highest BCUT2D eigenvalue weighted by molar-refractivity contribution is 5.94. The van der Waals surface area contributed by atoms with Gasteiger partial charge in [-0.3, -0.25) is 0 Å². The molecule has 20 rings (SSSR count). The molecular formula is C92H64N6. The second-order valence-corrected chi connectivity index (χ2v) is 27.6. The molecule has 0 amide bonds. The molecule has 5 aliphatic carbocycles. The Morgan fingerprint density at radius 3 is 0.806 bits per heavy atom. The van der Waals surface area contributed by atoms with Gasteiger partial charge in [-0.05, 0) is 135 Å². The molecule has 2 aromatic heterocycles. The van der Waals surface area contributed by atoms with E-state index in [-0.39, 0.29) is 22.7 Å². The molecule has 6 heteroatoms. The van der Waals surface area contributed by atoms with Crippen molar-refractivity contribution in [3.05, 3.63) is 359 Å². The third-order valence-corrected chi connectivity index (χ3v) is 21.4. The van der Waals surface area contributed by atoms with Crippen LogP contribution in [-0.2, 0) is 10.8 Å². The van der Waals surface area contributed by atoms with Gasteiger partial charge in [0.05, 0.1) is 0 Å². The van der Waals surface area contributed by atoms with Crippen molar-refractivity contribution in [3.63, 3.8) is 0 Å². The van der Waals surface area contributed by atoms with Gasteiger partial charge < -0.3 is 0 Å². The minimum absolute atomic E-state index is 0.0728. The van der Waals surface area contributed by atoms with E-state index >= 15 is 0 Å². The van der Waals surface area contributed by atoms with Crippen molar-refractivity contribution < 1.29 is 0 Å². The Labute approximate surface area is 570 Å². The second kappa shape index (κ2) is 22.2. The lowest BCUT2D eigenvalue weighted by molar-refractivity contribution is 0.660. The number of benzene rings is 13. The van der Waals surface area contributed by atoms with Crippen LogP contribution >= 0.6 is 0 Å². The molecule has 6 nitrogen and oxygen atoms in total. The van der Waals surface area contributed by atoms with Crippen molar-refractivity contribution in [2.75, 3.05) is 0 Å². The number of aromatic nitrogens is 6. The van der Waals surface area contributed by atoms with Crippen LogP contribution < -0.4 is 0 Å². The van der Waals surface area contributed by atoms with E-state index in [4.69, 9.17) is 29.9 Å². The van der Waals surface area contributed by atoms with Crippen LogP contribution in [0.2, 0.25) is 0 Å². The van der Waals surface area contributed by atoms with Crippen LogP contribution in [0.5, 0.6) is 0 Å². The van der Waals surface area contributed by atoms with E-state index in [9.17, 15) is 0 Å². The van der Waals surface area contributed by atoms with E-state index < -0.39 is 0 Å². The zero-order valence-electron chi connectivity index (χ0n) is 54.7. The van der Waals surface area contributed by atoms with Gasteiger partial charge >= 0.3 is 0 Å². The minimum Gasteiger partial charge on any atom is -0.208 e. The molecule has 0 spiro atoms. The fourth-order valence-corrected chi connectivity index (χ4v) is 16.5. The number of rotatable bonds is 10. The summed E-state index contributed by atoms with van der Waals surface area (Å²) in [7, 11) is 0. The Hall–Kier alpha value is -12.1. The van der Waals surface area contributed by atoms with Crippen LogP contribution in [0.3, 0.4) is 0 Å². The molecule has 0 radical (unpaired) electrons. The largest absolute Gasteiger partial charge is 0.208 e. The Balaban J connectivity index is 0.609. The zero-order valence-corrected chi connectivity index (χ0v) is 54.7. The van der Waals surface area contributed by atoms with Crippen molar-refractivity contribution in [2.24, 2.45) is 0 Å². The quantitative estimate of drug-likeness (QED) is 0.136. The summed E-state index contributed by atoms with van der Waals surface area (Å²) < 4.78 is 0. The molecule has 98 heavy (non-hydrogen) atoms. The minimum atomic E-state index is -0.0728. The number of hydrogen-bond donors (Lipinski definition) is 0. The summed E-state index contributed by atoms with van der Waals surface area (Å²) in [4.78, 5) is 30.9. The van der Waals surface area contributed by atoms with Crippen molar-refractivity contribution in [1.29, 1.82) is 0 Å². The summed E-state index contributed by atoms with van der Waals surface area (Å²) in [6.45, 7) is 9.33. The van der Waals surface area contributed by atoms with Crippen molar-refractivity contribution in [2.45, 2.75) is 50.4 Å². The average Bonchev–Trinajstić information content (AvgIpc) is 0.896. The lowest BCUT2D eigenvalue weighted by Crippen LogP contribution is -2.27. The fraction of sp³-hybridized carbons (Fsp3) is 0.0870. The topological polar surface area (TPSA) is 77.3 Å². The molecule has 2 unspecified atom stereocenters. The predicted molar refractivity (Wildman–Crippen MR) is 397 cm³/mol. The Morgan fingerprint density at radius 2 is 0.449 bits per heavy atom. The molecule has 2 atom stereocenters. The molecule has 15 aromatic rings. The van der Waals surface area contributed by atoms with Crippen LogP contribution in [0.1, 0.15) is 95.2 Å². The molecule has 462 valence electrons. The zero-order chi connectivity index (χ0) is 65.4. The first-order chi connectivity index (χ1) is 48.1. The van der Waals surface area contributed by atoms with Gasteiger partial charge in [-0.25, -0.2) is 29.9 Å². The second-order valence-electron chi connectivity index (χ2n) is 27.6. The van der Waals surface area contributed by atoms with Gasteiger partial charge in [0.25, 0.3) is 0 Å². The summed E-state index contributed by atoms with van der Waals surface area (Å²) in [5.41, 5.74) is 33.8. The van der Waals surface area contributed by atoms with Gasteiger partial charge in [0, 0.05) is 56.0 Å². The van der Waals surface area contributed by atoms with Crippen LogP contribution in [0, 0.1) is 0 Å². The van der Waals surface area contributed by atoms with E-state index in [1.54, 1.807) is 0 Å². The van der Waals surface area contributed by atoms with Crippen LogP contribution in [0.4, 0.5) is 0 Å². The highest BCUT2D eigenvalue weighted by atomic mass is 15.0. The van der Waals surface area contributed by atoms with Gasteiger partial charge in [-0.15, -0.1) is 0 Å². The lowest BCUT2D eigenvalue weighted by atomic mass is 9.60. The van der Waals surface area contributed by atoms with E-state index in [0.29, 0.717) is 34.9 Å². The molecule has 0 N–H and O–H groups in total. The van der Waals surface area contributed by atoms with Gasteiger partial charge in [0.2, 0.25) is 0 Å². The lowest BCUT2D eigenvalue weighted by Gasteiger charge is -2.42. The molecule has 13 aromatic carbocycles. The van der Waals surface area contributed by atoms with Gasteiger partial charge in [-0.1, -0.05) is 319 Å². The SMILES string of the molecule is CC1(C)c2ccccc2-c2c(-c3ccc(-c4nc(-c5ccccc5)nc(-c5ccc(-c6ccc7c(c6)C6c8ccccc8C7c7cc(-c8ccc(-c9nc(-c%10ccccc%10)nc(-c%10ccc(-c%11cccc%12c%11-c%11ccccc%11C%12(C)C)cc%10)n9)cc8)ccc76)cc5)n4)cc3)cccc21. The summed E-state index contributed by atoms with van der Waals surface area (Å²) >= 11 is 0. The van der Waals surface area contributed by atoms with E-state index in [2.05, 4.69) is 295 Å².